The topological polar surface area (TPSA) is 43.7 Å². The molecular formula is C17H15NO2. The van der Waals surface area contributed by atoms with Crippen molar-refractivity contribution in [3.63, 3.8) is 0 Å². The highest BCUT2D eigenvalue weighted by molar-refractivity contribution is 5.70. The van der Waals surface area contributed by atoms with Gasteiger partial charge >= 0.3 is 0 Å². The van der Waals surface area contributed by atoms with Crippen LogP contribution in [0.25, 0.3) is 12.2 Å². The summed E-state index contributed by atoms with van der Waals surface area (Å²) in [4.78, 5) is 2.06. The number of hydrogen-bond acceptors (Lipinski definition) is 3. The van der Waals surface area contributed by atoms with Crippen molar-refractivity contribution in [1.29, 1.82) is 0 Å². The third-order valence-corrected chi connectivity index (χ3v) is 3.28. The van der Waals surface area contributed by atoms with Crippen LogP contribution in [0.15, 0.2) is 54.9 Å². The maximum Gasteiger partial charge on any atom is 0.158 e. The predicted octanol–water partition coefficient (Wildman–Crippen LogP) is 3.56. The molecule has 2 aromatic rings. The van der Waals surface area contributed by atoms with Crippen molar-refractivity contribution < 1.29 is 10.2 Å². The van der Waals surface area contributed by atoms with Crippen molar-refractivity contribution in [2.24, 2.45) is 0 Å². The Morgan fingerprint density at radius 2 is 1.35 bits per heavy atom. The van der Waals surface area contributed by atoms with Crippen LogP contribution in [0.3, 0.4) is 0 Å². The van der Waals surface area contributed by atoms with Crippen LogP contribution in [0.2, 0.25) is 0 Å². The van der Waals surface area contributed by atoms with Crippen molar-refractivity contribution in [2.75, 3.05) is 0 Å². The van der Waals surface area contributed by atoms with Crippen molar-refractivity contribution in [3.05, 3.63) is 71.6 Å². The van der Waals surface area contributed by atoms with E-state index in [2.05, 4.69) is 17.0 Å². The van der Waals surface area contributed by atoms with E-state index in [1.165, 1.54) is 5.56 Å². The highest BCUT2D eigenvalue weighted by atomic mass is 16.3. The SMILES string of the molecule is Oc1cc2c(cc1O)C=CN(Cc1ccccc1)C=C2. The Kier molecular flexibility index (Phi) is 3.17. The molecule has 0 atom stereocenters. The number of phenols is 2. The summed E-state index contributed by atoms with van der Waals surface area (Å²) in [6.07, 6.45) is 7.78. The molecule has 1 aliphatic rings. The average Bonchev–Trinajstić information content (AvgIpc) is 2.64. The van der Waals surface area contributed by atoms with Gasteiger partial charge in [-0.15, -0.1) is 0 Å². The van der Waals surface area contributed by atoms with E-state index in [1.54, 1.807) is 12.1 Å². The standard InChI is InChI=1S/C17H15NO2/c19-16-10-14-6-8-18(9-7-15(14)11-17(16)20)12-13-4-2-1-3-5-13/h1-11,19-20H,12H2. The Balaban J connectivity index is 1.86. The number of phenolic OH excluding ortho intramolecular Hbond substituents is 2. The van der Waals surface area contributed by atoms with Crippen LogP contribution in [0.1, 0.15) is 16.7 Å². The molecule has 3 heteroatoms. The zero-order chi connectivity index (χ0) is 13.9. The Hall–Kier alpha value is -2.68. The van der Waals surface area contributed by atoms with E-state index in [4.69, 9.17) is 0 Å². The molecule has 3 rings (SSSR count). The second-order valence-corrected chi connectivity index (χ2v) is 4.76. The van der Waals surface area contributed by atoms with E-state index in [-0.39, 0.29) is 11.5 Å². The number of nitrogens with zero attached hydrogens (tertiary/aromatic N) is 1. The Labute approximate surface area is 117 Å². The molecule has 0 radical (unpaired) electrons. The number of hydrogen-bond donors (Lipinski definition) is 2. The third-order valence-electron chi connectivity index (χ3n) is 3.28. The van der Waals surface area contributed by atoms with Gasteiger partial charge in [-0.05, 0) is 41.0 Å². The summed E-state index contributed by atoms with van der Waals surface area (Å²) in [6, 6.07) is 13.3. The summed E-state index contributed by atoms with van der Waals surface area (Å²) in [7, 11) is 0. The quantitative estimate of drug-likeness (QED) is 0.816. The first-order chi connectivity index (χ1) is 9.72. The summed E-state index contributed by atoms with van der Waals surface area (Å²) in [6.45, 7) is 0.778. The van der Waals surface area contributed by atoms with E-state index in [0.717, 1.165) is 17.7 Å². The van der Waals surface area contributed by atoms with Crippen LogP contribution in [-0.2, 0) is 6.54 Å². The lowest BCUT2D eigenvalue weighted by Gasteiger charge is -2.14. The lowest BCUT2D eigenvalue weighted by atomic mass is 10.1. The van der Waals surface area contributed by atoms with E-state index in [0.29, 0.717) is 0 Å². The zero-order valence-electron chi connectivity index (χ0n) is 10.9. The molecule has 2 N–H and O–H groups in total. The van der Waals surface area contributed by atoms with Crippen molar-refractivity contribution in [2.45, 2.75) is 6.54 Å². The largest absolute Gasteiger partial charge is 0.504 e. The highest BCUT2D eigenvalue weighted by Gasteiger charge is 2.08. The maximum atomic E-state index is 9.55. The van der Waals surface area contributed by atoms with Crippen molar-refractivity contribution >= 4 is 12.2 Å². The summed E-state index contributed by atoms with van der Waals surface area (Å²) >= 11 is 0. The normalized spacial score (nSPS) is 13.1. The molecule has 0 saturated carbocycles. The second kappa shape index (κ2) is 5.13. The third kappa shape index (κ3) is 2.52. The second-order valence-electron chi connectivity index (χ2n) is 4.76. The van der Waals surface area contributed by atoms with Gasteiger partial charge in [0.25, 0.3) is 0 Å². The first-order valence-corrected chi connectivity index (χ1v) is 6.44. The fourth-order valence-corrected chi connectivity index (χ4v) is 2.20. The van der Waals surface area contributed by atoms with Gasteiger partial charge in [-0.2, -0.15) is 0 Å². The number of fused-ring (bicyclic) bond motifs is 1. The van der Waals surface area contributed by atoms with E-state index in [1.807, 2.05) is 42.8 Å². The molecule has 0 aromatic heterocycles. The van der Waals surface area contributed by atoms with Gasteiger partial charge in [0.2, 0.25) is 0 Å². The van der Waals surface area contributed by atoms with Gasteiger partial charge in [0.1, 0.15) is 0 Å². The first kappa shape index (κ1) is 12.4. The zero-order valence-corrected chi connectivity index (χ0v) is 10.9. The molecule has 0 saturated heterocycles. The molecule has 0 amide bonds. The molecular weight excluding hydrogens is 250 g/mol. The van der Waals surface area contributed by atoms with Crippen molar-refractivity contribution in [1.82, 2.24) is 4.90 Å². The van der Waals surface area contributed by atoms with Gasteiger partial charge in [-0.3, -0.25) is 0 Å². The fraction of sp³-hybridized carbons (Fsp3) is 0.0588. The Bertz CT molecular complexity index is 636. The van der Waals surface area contributed by atoms with E-state index < -0.39 is 0 Å². The fourth-order valence-electron chi connectivity index (χ4n) is 2.20. The van der Waals surface area contributed by atoms with Crippen molar-refractivity contribution in [3.8, 4) is 11.5 Å². The van der Waals surface area contributed by atoms with Crippen LogP contribution in [0, 0.1) is 0 Å². The van der Waals surface area contributed by atoms with Gasteiger partial charge in [-0.25, -0.2) is 0 Å². The summed E-state index contributed by atoms with van der Waals surface area (Å²) in [5.41, 5.74) is 2.98. The van der Waals surface area contributed by atoms with Gasteiger partial charge in [0.15, 0.2) is 11.5 Å². The van der Waals surface area contributed by atoms with Gasteiger partial charge in [0, 0.05) is 18.9 Å². The van der Waals surface area contributed by atoms with Crippen LogP contribution in [0.4, 0.5) is 0 Å². The van der Waals surface area contributed by atoms with Crippen LogP contribution >= 0.6 is 0 Å². The van der Waals surface area contributed by atoms with E-state index >= 15 is 0 Å². The molecule has 3 nitrogen and oxygen atoms in total. The molecule has 0 unspecified atom stereocenters. The smallest absolute Gasteiger partial charge is 0.158 e. The molecule has 100 valence electrons. The van der Waals surface area contributed by atoms with Crippen LogP contribution < -0.4 is 0 Å². The first-order valence-electron chi connectivity index (χ1n) is 6.44. The summed E-state index contributed by atoms with van der Waals surface area (Å²) < 4.78 is 0. The number of benzene rings is 2. The molecule has 0 spiro atoms. The lowest BCUT2D eigenvalue weighted by molar-refractivity contribution is 0.403. The minimum Gasteiger partial charge on any atom is -0.504 e. The lowest BCUT2D eigenvalue weighted by Crippen LogP contribution is -2.07. The van der Waals surface area contributed by atoms with Crippen LogP contribution in [-0.4, -0.2) is 15.1 Å². The molecule has 0 bridgehead atoms. The minimum atomic E-state index is -0.0988. The molecule has 0 fully saturated rings. The number of rotatable bonds is 2. The predicted molar refractivity (Wildman–Crippen MR) is 79.8 cm³/mol. The highest BCUT2D eigenvalue weighted by Crippen LogP contribution is 2.31. The minimum absolute atomic E-state index is 0.0988. The summed E-state index contributed by atoms with van der Waals surface area (Å²) in [5.74, 6) is -0.198. The molecule has 1 heterocycles. The monoisotopic (exact) mass is 265 g/mol. The molecule has 0 aliphatic carbocycles. The molecule has 20 heavy (non-hydrogen) atoms. The average molecular weight is 265 g/mol. The number of aromatic hydroxyl groups is 2. The van der Waals surface area contributed by atoms with Crippen LogP contribution in [0.5, 0.6) is 11.5 Å². The van der Waals surface area contributed by atoms with E-state index in [9.17, 15) is 10.2 Å². The van der Waals surface area contributed by atoms with Gasteiger partial charge in [-0.1, -0.05) is 30.3 Å². The van der Waals surface area contributed by atoms with Gasteiger partial charge in [0.05, 0.1) is 0 Å². The Morgan fingerprint density at radius 3 is 1.90 bits per heavy atom. The molecule has 2 aromatic carbocycles. The van der Waals surface area contributed by atoms with Gasteiger partial charge < -0.3 is 15.1 Å². The maximum absolute atomic E-state index is 9.55. The Morgan fingerprint density at radius 1 is 0.800 bits per heavy atom. The molecule has 1 aliphatic heterocycles. The summed E-state index contributed by atoms with van der Waals surface area (Å²) in [5, 5.41) is 19.1.